The summed E-state index contributed by atoms with van der Waals surface area (Å²) in [4.78, 5) is 10.2. The molecule has 0 radical (unpaired) electrons. The molecular weight excluding hydrogens is 130 g/mol. The van der Waals surface area contributed by atoms with E-state index in [4.69, 9.17) is 5.11 Å². The van der Waals surface area contributed by atoms with E-state index >= 15 is 0 Å². The minimum Gasteiger partial charge on any atom is -0.480 e. The average Bonchev–Trinajstić information content (AvgIpc) is 1.88. The molecule has 0 unspecified atom stereocenters. The standard InChI is InChI=1S/C7H13NO2/c1-3-4-5-8-6(2)7(9)10/h4-6,8H,3H2,1-2H3,(H,9,10)/t6-/m0/s1. The maximum atomic E-state index is 10.2. The fourth-order valence-corrected chi connectivity index (χ4v) is 0.402. The first-order valence-electron chi connectivity index (χ1n) is 3.32. The van der Waals surface area contributed by atoms with Crippen molar-refractivity contribution in [2.45, 2.75) is 26.3 Å². The predicted octanol–water partition coefficient (Wildman–Crippen LogP) is 0.973. The van der Waals surface area contributed by atoms with E-state index in [-0.39, 0.29) is 0 Å². The van der Waals surface area contributed by atoms with E-state index < -0.39 is 12.0 Å². The monoisotopic (exact) mass is 143 g/mol. The summed E-state index contributed by atoms with van der Waals surface area (Å²) >= 11 is 0. The number of allylic oxidation sites excluding steroid dienone is 1. The van der Waals surface area contributed by atoms with E-state index in [2.05, 4.69) is 5.32 Å². The maximum Gasteiger partial charge on any atom is 0.325 e. The van der Waals surface area contributed by atoms with Gasteiger partial charge in [0.15, 0.2) is 0 Å². The van der Waals surface area contributed by atoms with Crippen molar-refractivity contribution in [3.8, 4) is 0 Å². The second-order valence-electron chi connectivity index (χ2n) is 2.04. The van der Waals surface area contributed by atoms with Crippen molar-refractivity contribution < 1.29 is 9.90 Å². The Morgan fingerprint density at radius 2 is 2.40 bits per heavy atom. The lowest BCUT2D eigenvalue weighted by Crippen LogP contribution is -2.29. The molecule has 0 amide bonds. The Morgan fingerprint density at radius 3 is 2.80 bits per heavy atom. The number of hydrogen-bond acceptors (Lipinski definition) is 2. The van der Waals surface area contributed by atoms with Crippen molar-refractivity contribution in [1.82, 2.24) is 5.32 Å². The van der Waals surface area contributed by atoms with Gasteiger partial charge in [0.05, 0.1) is 0 Å². The van der Waals surface area contributed by atoms with Gasteiger partial charge in [0.1, 0.15) is 6.04 Å². The zero-order valence-electron chi connectivity index (χ0n) is 6.29. The maximum absolute atomic E-state index is 10.2. The molecule has 0 aromatic carbocycles. The molecule has 0 spiro atoms. The molecule has 3 heteroatoms. The molecule has 0 aliphatic carbocycles. The Bertz CT molecular complexity index is 132. The van der Waals surface area contributed by atoms with Crippen molar-refractivity contribution in [3.63, 3.8) is 0 Å². The van der Waals surface area contributed by atoms with Crippen LogP contribution in [0.4, 0.5) is 0 Å². The molecule has 0 saturated carbocycles. The number of nitrogens with one attached hydrogen (secondary N) is 1. The molecule has 10 heavy (non-hydrogen) atoms. The van der Waals surface area contributed by atoms with Gasteiger partial charge in [0.2, 0.25) is 0 Å². The minimum atomic E-state index is -0.833. The van der Waals surface area contributed by atoms with Gasteiger partial charge in [0.25, 0.3) is 0 Å². The predicted molar refractivity (Wildman–Crippen MR) is 39.7 cm³/mol. The highest BCUT2D eigenvalue weighted by Gasteiger charge is 2.05. The summed E-state index contributed by atoms with van der Waals surface area (Å²) in [5.41, 5.74) is 0. The first-order chi connectivity index (χ1) is 4.68. The number of carbonyl (C=O) groups is 1. The lowest BCUT2D eigenvalue weighted by Gasteiger charge is -2.03. The van der Waals surface area contributed by atoms with Crippen LogP contribution in [0.1, 0.15) is 20.3 Å². The second kappa shape index (κ2) is 4.85. The van der Waals surface area contributed by atoms with Gasteiger partial charge in [-0.1, -0.05) is 13.0 Å². The van der Waals surface area contributed by atoms with Gasteiger partial charge >= 0.3 is 5.97 Å². The Kier molecular flexibility index (Phi) is 4.37. The second-order valence-corrected chi connectivity index (χ2v) is 2.04. The van der Waals surface area contributed by atoms with Gasteiger partial charge in [0, 0.05) is 0 Å². The van der Waals surface area contributed by atoms with E-state index in [1.165, 1.54) is 0 Å². The SMILES string of the molecule is CCC=CN[C@@H](C)C(=O)O. The summed E-state index contributed by atoms with van der Waals surface area (Å²) < 4.78 is 0. The first-order valence-corrected chi connectivity index (χ1v) is 3.32. The topological polar surface area (TPSA) is 49.3 Å². The molecule has 58 valence electrons. The fraction of sp³-hybridized carbons (Fsp3) is 0.571. The summed E-state index contributed by atoms with van der Waals surface area (Å²) in [6.07, 6.45) is 4.46. The normalized spacial score (nSPS) is 13.4. The smallest absolute Gasteiger partial charge is 0.325 e. The van der Waals surface area contributed by atoms with Gasteiger partial charge in [-0.3, -0.25) is 4.79 Å². The van der Waals surface area contributed by atoms with Crippen LogP contribution < -0.4 is 5.32 Å². The highest BCUT2D eigenvalue weighted by Crippen LogP contribution is 1.82. The first kappa shape index (κ1) is 9.01. The quantitative estimate of drug-likeness (QED) is 0.616. The van der Waals surface area contributed by atoms with E-state index in [1.54, 1.807) is 13.1 Å². The van der Waals surface area contributed by atoms with Crippen LogP contribution in [0, 0.1) is 0 Å². The summed E-state index contributed by atoms with van der Waals surface area (Å²) in [5, 5.41) is 11.1. The average molecular weight is 143 g/mol. The van der Waals surface area contributed by atoms with Gasteiger partial charge in [-0.15, -0.1) is 0 Å². The van der Waals surface area contributed by atoms with Gasteiger partial charge in [-0.05, 0) is 19.5 Å². The van der Waals surface area contributed by atoms with Gasteiger partial charge < -0.3 is 10.4 Å². The highest BCUT2D eigenvalue weighted by molar-refractivity contribution is 5.72. The Hall–Kier alpha value is -0.990. The third-order valence-corrected chi connectivity index (χ3v) is 1.07. The lowest BCUT2D eigenvalue weighted by atomic mass is 10.3. The molecule has 0 fully saturated rings. The zero-order chi connectivity index (χ0) is 7.98. The summed E-state index contributed by atoms with van der Waals surface area (Å²) in [6.45, 7) is 3.59. The van der Waals surface area contributed by atoms with Crippen LogP contribution in [0.2, 0.25) is 0 Å². The van der Waals surface area contributed by atoms with Gasteiger partial charge in [-0.25, -0.2) is 0 Å². The molecule has 0 aromatic rings. The number of carboxylic acids is 1. The van der Waals surface area contributed by atoms with Crippen molar-refractivity contribution in [1.29, 1.82) is 0 Å². The van der Waals surface area contributed by atoms with E-state index in [1.807, 2.05) is 13.0 Å². The molecule has 1 atom stereocenters. The molecule has 2 N–H and O–H groups in total. The van der Waals surface area contributed by atoms with Crippen LogP contribution in [-0.2, 0) is 4.79 Å². The van der Waals surface area contributed by atoms with E-state index in [0.717, 1.165) is 6.42 Å². The lowest BCUT2D eigenvalue weighted by molar-refractivity contribution is -0.138. The van der Waals surface area contributed by atoms with Crippen LogP contribution in [0.3, 0.4) is 0 Å². The summed E-state index contributed by atoms with van der Waals surface area (Å²) in [5.74, 6) is -0.833. The molecular formula is C7H13NO2. The number of aliphatic carboxylic acids is 1. The molecule has 0 saturated heterocycles. The van der Waals surface area contributed by atoms with Crippen LogP contribution in [0.25, 0.3) is 0 Å². The molecule has 0 aliphatic heterocycles. The van der Waals surface area contributed by atoms with Crippen molar-refractivity contribution >= 4 is 5.97 Å². The van der Waals surface area contributed by atoms with Crippen molar-refractivity contribution in [3.05, 3.63) is 12.3 Å². The largest absolute Gasteiger partial charge is 0.480 e. The minimum absolute atomic E-state index is 0.497. The Balaban J connectivity index is 3.48. The zero-order valence-corrected chi connectivity index (χ0v) is 6.29. The third kappa shape index (κ3) is 3.95. The van der Waals surface area contributed by atoms with Crippen LogP contribution in [0.5, 0.6) is 0 Å². The van der Waals surface area contributed by atoms with E-state index in [0.29, 0.717) is 0 Å². The Labute approximate surface area is 60.7 Å². The number of rotatable bonds is 4. The molecule has 0 bridgehead atoms. The van der Waals surface area contributed by atoms with Crippen molar-refractivity contribution in [2.75, 3.05) is 0 Å². The Morgan fingerprint density at radius 1 is 1.80 bits per heavy atom. The number of carboxylic acid groups (broad SMARTS) is 1. The molecule has 0 aromatic heterocycles. The molecule has 0 rings (SSSR count). The van der Waals surface area contributed by atoms with Gasteiger partial charge in [-0.2, -0.15) is 0 Å². The van der Waals surface area contributed by atoms with Crippen LogP contribution in [-0.4, -0.2) is 17.1 Å². The highest BCUT2D eigenvalue weighted by atomic mass is 16.4. The molecule has 0 heterocycles. The summed E-state index contributed by atoms with van der Waals surface area (Å²) in [7, 11) is 0. The van der Waals surface area contributed by atoms with Crippen LogP contribution in [0.15, 0.2) is 12.3 Å². The third-order valence-electron chi connectivity index (χ3n) is 1.07. The fourth-order valence-electron chi connectivity index (χ4n) is 0.402. The summed E-state index contributed by atoms with van der Waals surface area (Å²) in [6, 6.07) is -0.497. The molecule has 0 aliphatic rings. The number of hydrogen-bond donors (Lipinski definition) is 2. The van der Waals surface area contributed by atoms with Crippen LogP contribution >= 0.6 is 0 Å². The van der Waals surface area contributed by atoms with E-state index in [9.17, 15) is 4.79 Å². The van der Waals surface area contributed by atoms with Crippen molar-refractivity contribution in [2.24, 2.45) is 0 Å². The molecule has 3 nitrogen and oxygen atoms in total.